The first-order chi connectivity index (χ1) is 13.2. The standard InChI is InChI=1S/C22H27N3O2/c1-2-3-7-17-10-12-19(13-11-17)24-22(27)25-15-14-23-21(26)20(25)16-18-8-5-4-6-9-18/h4-6,8-13,20H,2-3,7,14-16H2,1H3,(H,23,26)(H,24,27). The highest BCUT2D eigenvalue weighted by Crippen LogP contribution is 2.16. The van der Waals surface area contributed by atoms with E-state index >= 15 is 0 Å². The molecule has 0 spiro atoms. The Balaban J connectivity index is 1.66. The fourth-order valence-corrected chi connectivity index (χ4v) is 3.33. The van der Waals surface area contributed by atoms with Crippen molar-refractivity contribution in [3.8, 4) is 0 Å². The van der Waals surface area contributed by atoms with Crippen molar-refractivity contribution in [3.05, 3.63) is 65.7 Å². The topological polar surface area (TPSA) is 61.4 Å². The number of anilines is 1. The van der Waals surface area contributed by atoms with E-state index in [4.69, 9.17) is 0 Å². The van der Waals surface area contributed by atoms with Gasteiger partial charge in [0.2, 0.25) is 5.91 Å². The number of piperazine rings is 1. The van der Waals surface area contributed by atoms with Gasteiger partial charge >= 0.3 is 6.03 Å². The van der Waals surface area contributed by atoms with Gasteiger partial charge in [0.25, 0.3) is 0 Å². The summed E-state index contributed by atoms with van der Waals surface area (Å²) in [6, 6.07) is 17.0. The smallest absolute Gasteiger partial charge is 0.322 e. The molecule has 0 saturated carbocycles. The summed E-state index contributed by atoms with van der Waals surface area (Å²) in [5.41, 5.74) is 3.07. The van der Waals surface area contributed by atoms with Crippen LogP contribution in [0.4, 0.5) is 10.5 Å². The SMILES string of the molecule is CCCCc1ccc(NC(=O)N2CCNC(=O)C2Cc2ccccc2)cc1. The lowest BCUT2D eigenvalue weighted by Crippen LogP contribution is -2.59. The minimum atomic E-state index is -0.495. The van der Waals surface area contributed by atoms with Crippen LogP contribution in [0.15, 0.2) is 54.6 Å². The van der Waals surface area contributed by atoms with Crippen LogP contribution in [0.1, 0.15) is 30.9 Å². The molecule has 142 valence electrons. The van der Waals surface area contributed by atoms with Crippen molar-refractivity contribution in [1.82, 2.24) is 10.2 Å². The van der Waals surface area contributed by atoms with E-state index in [2.05, 4.69) is 29.7 Å². The number of amides is 3. The van der Waals surface area contributed by atoms with Gasteiger partial charge in [0, 0.05) is 25.2 Å². The lowest BCUT2D eigenvalue weighted by atomic mass is 10.0. The van der Waals surface area contributed by atoms with Gasteiger partial charge in [0.1, 0.15) is 6.04 Å². The molecule has 0 aromatic heterocycles. The molecule has 1 heterocycles. The molecule has 1 unspecified atom stereocenters. The van der Waals surface area contributed by atoms with E-state index in [0.29, 0.717) is 19.5 Å². The first-order valence-corrected chi connectivity index (χ1v) is 9.65. The van der Waals surface area contributed by atoms with E-state index in [1.807, 2.05) is 42.5 Å². The van der Waals surface area contributed by atoms with Gasteiger partial charge in [-0.05, 0) is 36.1 Å². The van der Waals surface area contributed by atoms with Crippen LogP contribution in [0, 0.1) is 0 Å². The third kappa shape index (κ3) is 5.09. The molecular weight excluding hydrogens is 338 g/mol. The molecule has 1 aliphatic rings. The summed E-state index contributed by atoms with van der Waals surface area (Å²) in [5, 5.41) is 5.81. The zero-order valence-corrected chi connectivity index (χ0v) is 15.8. The Morgan fingerprint density at radius 1 is 1.11 bits per heavy atom. The Kier molecular flexibility index (Phi) is 6.47. The van der Waals surface area contributed by atoms with Crippen LogP contribution in [0.2, 0.25) is 0 Å². The largest absolute Gasteiger partial charge is 0.353 e. The molecule has 1 fully saturated rings. The molecule has 2 N–H and O–H groups in total. The normalized spacial score (nSPS) is 16.7. The Morgan fingerprint density at radius 3 is 2.56 bits per heavy atom. The number of hydrogen-bond donors (Lipinski definition) is 2. The molecule has 5 heteroatoms. The maximum absolute atomic E-state index is 12.8. The molecule has 2 aromatic rings. The third-order valence-corrected chi connectivity index (χ3v) is 4.89. The van der Waals surface area contributed by atoms with Crippen molar-refractivity contribution in [2.75, 3.05) is 18.4 Å². The van der Waals surface area contributed by atoms with Crippen molar-refractivity contribution < 1.29 is 9.59 Å². The predicted octanol–water partition coefficient (Wildman–Crippen LogP) is 3.60. The number of nitrogens with one attached hydrogen (secondary N) is 2. The van der Waals surface area contributed by atoms with Crippen LogP contribution >= 0.6 is 0 Å². The van der Waals surface area contributed by atoms with Crippen LogP contribution in [-0.2, 0) is 17.6 Å². The molecule has 27 heavy (non-hydrogen) atoms. The van der Waals surface area contributed by atoms with E-state index in [0.717, 1.165) is 30.5 Å². The summed E-state index contributed by atoms with van der Waals surface area (Å²) in [5.74, 6) is -0.102. The molecule has 1 saturated heterocycles. The Labute approximate surface area is 160 Å². The van der Waals surface area contributed by atoms with Gasteiger partial charge in [-0.3, -0.25) is 4.79 Å². The number of urea groups is 1. The number of nitrogens with zero attached hydrogens (tertiary/aromatic N) is 1. The zero-order chi connectivity index (χ0) is 19.1. The van der Waals surface area contributed by atoms with Crippen LogP contribution in [0.25, 0.3) is 0 Å². The molecule has 5 nitrogen and oxygen atoms in total. The Hall–Kier alpha value is -2.82. The molecule has 3 rings (SSSR count). The van der Waals surface area contributed by atoms with E-state index < -0.39 is 6.04 Å². The fraction of sp³-hybridized carbons (Fsp3) is 0.364. The van der Waals surface area contributed by atoms with Crippen LogP contribution in [-0.4, -0.2) is 36.0 Å². The average Bonchev–Trinajstić information content (AvgIpc) is 2.70. The van der Waals surface area contributed by atoms with Crippen molar-refractivity contribution >= 4 is 17.6 Å². The molecule has 0 radical (unpaired) electrons. The minimum Gasteiger partial charge on any atom is -0.353 e. The number of carbonyl (C=O) groups is 2. The summed E-state index contributed by atoms with van der Waals surface area (Å²) < 4.78 is 0. The molecule has 0 aliphatic carbocycles. The highest BCUT2D eigenvalue weighted by atomic mass is 16.2. The number of aryl methyl sites for hydroxylation is 1. The third-order valence-electron chi connectivity index (χ3n) is 4.89. The summed E-state index contributed by atoms with van der Waals surface area (Å²) >= 11 is 0. The maximum Gasteiger partial charge on any atom is 0.322 e. The quantitative estimate of drug-likeness (QED) is 0.822. The summed E-state index contributed by atoms with van der Waals surface area (Å²) in [7, 11) is 0. The van der Waals surface area contributed by atoms with Gasteiger partial charge < -0.3 is 15.5 Å². The number of hydrogen-bond acceptors (Lipinski definition) is 2. The highest BCUT2D eigenvalue weighted by molar-refractivity contribution is 5.94. The number of carbonyl (C=O) groups excluding carboxylic acids is 2. The van der Waals surface area contributed by atoms with Crippen molar-refractivity contribution in [3.63, 3.8) is 0 Å². The lowest BCUT2D eigenvalue weighted by molar-refractivity contribution is -0.127. The van der Waals surface area contributed by atoms with Gasteiger partial charge in [-0.1, -0.05) is 55.8 Å². The molecule has 3 amide bonds. The monoisotopic (exact) mass is 365 g/mol. The molecule has 0 bridgehead atoms. The molecule has 1 atom stereocenters. The number of unbranched alkanes of at least 4 members (excludes halogenated alkanes) is 1. The zero-order valence-electron chi connectivity index (χ0n) is 15.8. The highest BCUT2D eigenvalue weighted by Gasteiger charge is 2.33. The summed E-state index contributed by atoms with van der Waals surface area (Å²) in [4.78, 5) is 26.8. The van der Waals surface area contributed by atoms with E-state index in [1.165, 1.54) is 5.56 Å². The fourth-order valence-electron chi connectivity index (χ4n) is 3.33. The van der Waals surface area contributed by atoms with Crippen molar-refractivity contribution in [2.45, 2.75) is 38.6 Å². The first kappa shape index (κ1) is 19.0. The summed E-state index contributed by atoms with van der Waals surface area (Å²) in [6.07, 6.45) is 3.89. The van der Waals surface area contributed by atoms with Gasteiger partial charge in [0.15, 0.2) is 0 Å². The van der Waals surface area contributed by atoms with Crippen LogP contribution < -0.4 is 10.6 Å². The van der Waals surface area contributed by atoms with E-state index in [9.17, 15) is 9.59 Å². The minimum absolute atomic E-state index is 0.102. The number of benzene rings is 2. The van der Waals surface area contributed by atoms with Crippen LogP contribution in [0.3, 0.4) is 0 Å². The Morgan fingerprint density at radius 2 is 1.85 bits per heavy atom. The van der Waals surface area contributed by atoms with Crippen LogP contribution in [0.5, 0.6) is 0 Å². The summed E-state index contributed by atoms with van der Waals surface area (Å²) in [6.45, 7) is 3.16. The van der Waals surface area contributed by atoms with Gasteiger partial charge in [-0.2, -0.15) is 0 Å². The molecular formula is C22H27N3O2. The second kappa shape index (κ2) is 9.21. The molecule has 2 aromatic carbocycles. The van der Waals surface area contributed by atoms with E-state index in [-0.39, 0.29) is 11.9 Å². The molecule has 1 aliphatic heterocycles. The lowest BCUT2D eigenvalue weighted by Gasteiger charge is -2.35. The van der Waals surface area contributed by atoms with Gasteiger partial charge in [-0.25, -0.2) is 4.79 Å². The second-order valence-electron chi connectivity index (χ2n) is 6.92. The van der Waals surface area contributed by atoms with Gasteiger partial charge in [-0.15, -0.1) is 0 Å². The second-order valence-corrected chi connectivity index (χ2v) is 6.92. The number of rotatable bonds is 6. The average molecular weight is 365 g/mol. The maximum atomic E-state index is 12.8. The van der Waals surface area contributed by atoms with E-state index in [1.54, 1.807) is 4.90 Å². The first-order valence-electron chi connectivity index (χ1n) is 9.65. The predicted molar refractivity (Wildman–Crippen MR) is 108 cm³/mol. The van der Waals surface area contributed by atoms with Crippen molar-refractivity contribution in [1.29, 1.82) is 0 Å². The Bertz CT molecular complexity index is 759. The van der Waals surface area contributed by atoms with Gasteiger partial charge in [0.05, 0.1) is 0 Å². The van der Waals surface area contributed by atoms with Crippen molar-refractivity contribution in [2.24, 2.45) is 0 Å².